The van der Waals surface area contributed by atoms with E-state index in [2.05, 4.69) is 12.7 Å². The third kappa shape index (κ3) is 4.97. The van der Waals surface area contributed by atoms with Crippen molar-refractivity contribution in [2.75, 3.05) is 26.2 Å². The third-order valence-electron chi connectivity index (χ3n) is 3.39. The first kappa shape index (κ1) is 12.0. The van der Waals surface area contributed by atoms with E-state index in [1.807, 2.05) is 4.90 Å². The molecule has 1 unspecified atom stereocenters. The van der Waals surface area contributed by atoms with E-state index in [-0.39, 0.29) is 0 Å². The Morgan fingerprint density at radius 3 is 2.71 bits per heavy atom. The molecule has 0 spiro atoms. The van der Waals surface area contributed by atoms with Crippen LogP contribution in [-0.4, -0.2) is 26.2 Å². The third-order valence-corrected chi connectivity index (χ3v) is 3.39. The Morgan fingerprint density at radius 1 is 1.21 bits per heavy atom. The molecule has 1 aliphatic heterocycles. The Morgan fingerprint density at radius 2 is 2.00 bits per heavy atom. The molecule has 0 amide bonds. The highest BCUT2D eigenvalue weighted by Gasteiger charge is 2.18. The standard InChI is InChI=1S/C12H26N2/c1-12-7-6-10-14(11-12)9-5-3-2-4-8-13/h12H,2-11,13H2,1H3/p+2/t12-/m1/s1. The summed E-state index contributed by atoms with van der Waals surface area (Å²) in [6.07, 6.45) is 8.49. The van der Waals surface area contributed by atoms with Gasteiger partial charge in [0.15, 0.2) is 0 Å². The summed E-state index contributed by atoms with van der Waals surface area (Å²) in [4.78, 5) is 1.86. The molecule has 2 atom stereocenters. The molecular weight excluding hydrogens is 172 g/mol. The summed E-state index contributed by atoms with van der Waals surface area (Å²) in [5.41, 5.74) is 3.88. The predicted octanol–water partition coefficient (Wildman–Crippen LogP) is 0.104. The zero-order chi connectivity index (χ0) is 10.2. The van der Waals surface area contributed by atoms with Crippen LogP contribution in [0.25, 0.3) is 0 Å². The topological polar surface area (TPSA) is 32.1 Å². The summed E-state index contributed by atoms with van der Waals surface area (Å²) in [5, 5.41) is 0. The van der Waals surface area contributed by atoms with Crippen LogP contribution in [0.3, 0.4) is 0 Å². The molecule has 0 bridgehead atoms. The van der Waals surface area contributed by atoms with Gasteiger partial charge in [0, 0.05) is 5.92 Å². The average Bonchev–Trinajstić information content (AvgIpc) is 2.18. The summed E-state index contributed by atoms with van der Waals surface area (Å²) in [6.45, 7) is 7.80. The number of quaternary nitrogens is 2. The van der Waals surface area contributed by atoms with E-state index in [0.29, 0.717) is 0 Å². The molecular formula is C12H28N2+2. The average molecular weight is 200 g/mol. The summed E-state index contributed by atoms with van der Waals surface area (Å²) >= 11 is 0. The van der Waals surface area contributed by atoms with E-state index in [4.69, 9.17) is 0 Å². The quantitative estimate of drug-likeness (QED) is 0.570. The Balaban J connectivity index is 1.95. The van der Waals surface area contributed by atoms with Crippen LogP contribution in [0.15, 0.2) is 0 Å². The fraction of sp³-hybridized carbons (Fsp3) is 1.00. The van der Waals surface area contributed by atoms with Gasteiger partial charge in [-0.25, -0.2) is 0 Å². The lowest BCUT2D eigenvalue weighted by Crippen LogP contribution is -3.13. The lowest BCUT2D eigenvalue weighted by molar-refractivity contribution is -0.908. The highest BCUT2D eigenvalue weighted by atomic mass is 15.1. The zero-order valence-corrected chi connectivity index (χ0v) is 9.86. The van der Waals surface area contributed by atoms with Gasteiger partial charge in [-0.1, -0.05) is 6.92 Å². The van der Waals surface area contributed by atoms with Gasteiger partial charge in [-0.05, 0) is 38.5 Å². The van der Waals surface area contributed by atoms with E-state index in [1.54, 1.807) is 0 Å². The van der Waals surface area contributed by atoms with Crippen molar-refractivity contribution in [2.24, 2.45) is 5.92 Å². The number of rotatable bonds is 6. The van der Waals surface area contributed by atoms with Gasteiger partial charge in [0.25, 0.3) is 0 Å². The summed E-state index contributed by atoms with van der Waals surface area (Å²) in [5.74, 6) is 0.971. The van der Waals surface area contributed by atoms with Crippen LogP contribution >= 0.6 is 0 Å². The summed E-state index contributed by atoms with van der Waals surface area (Å²) < 4.78 is 0. The van der Waals surface area contributed by atoms with E-state index >= 15 is 0 Å². The van der Waals surface area contributed by atoms with Gasteiger partial charge in [0.05, 0.1) is 26.2 Å². The molecule has 1 rings (SSSR count). The molecule has 0 radical (unpaired) electrons. The first-order chi connectivity index (χ1) is 6.83. The fourth-order valence-electron chi connectivity index (χ4n) is 2.53. The van der Waals surface area contributed by atoms with Crippen LogP contribution < -0.4 is 10.6 Å². The minimum atomic E-state index is 0.971. The fourth-order valence-corrected chi connectivity index (χ4v) is 2.53. The molecule has 0 aromatic heterocycles. The van der Waals surface area contributed by atoms with Crippen LogP contribution in [0.5, 0.6) is 0 Å². The maximum atomic E-state index is 3.88. The molecule has 1 aliphatic rings. The molecule has 1 heterocycles. The SMILES string of the molecule is C[C@@H]1CCC[NH+](CCCCCC[NH3+])C1. The molecule has 84 valence electrons. The normalized spacial score (nSPS) is 27.9. The maximum absolute atomic E-state index is 3.88. The van der Waals surface area contributed by atoms with E-state index < -0.39 is 0 Å². The Bertz CT molecular complexity index is 136. The maximum Gasteiger partial charge on any atom is 0.0796 e. The van der Waals surface area contributed by atoms with Crippen molar-refractivity contribution in [3.8, 4) is 0 Å². The van der Waals surface area contributed by atoms with Crippen molar-refractivity contribution in [3.05, 3.63) is 0 Å². The van der Waals surface area contributed by atoms with Crippen molar-refractivity contribution in [3.63, 3.8) is 0 Å². The van der Waals surface area contributed by atoms with Crippen LogP contribution in [0.2, 0.25) is 0 Å². The number of nitrogens with one attached hydrogen (secondary N) is 1. The minimum Gasteiger partial charge on any atom is -0.358 e. The molecule has 4 N–H and O–H groups in total. The Hall–Kier alpha value is -0.0800. The molecule has 0 aliphatic carbocycles. The van der Waals surface area contributed by atoms with Crippen LogP contribution in [0.1, 0.15) is 45.4 Å². The molecule has 0 saturated carbocycles. The van der Waals surface area contributed by atoms with Gasteiger partial charge in [0.2, 0.25) is 0 Å². The molecule has 2 heteroatoms. The number of unbranched alkanes of at least 4 members (excludes halogenated alkanes) is 3. The zero-order valence-electron chi connectivity index (χ0n) is 9.86. The van der Waals surface area contributed by atoms with Gasteiger partial charge in [-0.15, -0.1) is 0 Å². The second-order valence-electron chi connectivity index (χ2n) is 4.97. The van der Waals surface area contributed by atoms with Gasteiger partial charge >= 0.3 is 0 Å². The Labute approximate surface area is 88.8 Å². The van der Waals surface area contributed by atoms with Gasteiger partial charge < -0.3 is 10.6 Å². The van der Waals surface area contributed by atoms with Crippen molar-refractivity contribution in [2.45, 2.75) is 45.4 Å². The molecule has 14 heavy (non-hydrogen) atoms. The van der Waals surface area contributed by atoms with E-state index in [0.717, 1.165) is 12.5 Å². The molecule has 1 fully saturated rings. The number of piperidine rings is 1. The predicted molar refractivity (Wildman–Crippen MR) is 60.2 cm³/mol. The van der Waals surface area contributed by atoms with Gasteiger partial charge in [0.1, 0.15) is 0 Å². The number of hydrogen-bond acceptors (Lipinski definition) is 0. The van der Waals surface area contributed by atoms with Gasteiger partial charge in [-0.3, -0.25) is 0 Å². The largest absolute Gasteiger partial charge is 0.358 e. The van der Waals surface area contributed by atoms with E-state index in [9.17, 15) is 0 Å². The van der Waals surface area contributed by atoms with E-state index in [1.165, 1.54) is 58.2 Å². The summed E-state index contributed by atoms with van der Waals surface area (Å²) in [7, 11) is 0. The van der Waals surface area contributed by atoms with Crippen molar-refractivity contribution in [1.82, 2.24) is 0 Å². The van der Waals surface area contributed by atoms with Crippen molar-refractivity contribution >= 4 is 0 Å². The lowest BCUT2D eigenvalue weighted by atomic mass is 10.00. The molecule has 0 aromatic rings. The first-order valence-corrected chi connectivity index (χ1v) is 6.45. The highest BCUT2D eigenvalue weighted by molar-refractivity contribution is 4.55. The minimum absolute atomic E-state index is 0.971. The van der Waals surface area contributed by atoms with Crippen LogP contribution in [-0.2, 0) is 0 Å². The number of likely N-dealkylation sites (tertiary alicyclic amines) is 1. The lowest BCUT2D eigenvalue weighted by Gasteiger charge is -2.27. The number of hydrogen-bond donors (Lipinski definition) is 2. The van der Waals surface area contributed by atoms with Crippen molar-refractivity contribution < 1.29 is 10.6 Å². The molecule has 1 saturated heterocycles. The Kier molecular flexibility index (Phi) is 6.20. The van der Waals surface area contributed by atoms with Crippen LogP contribution in [0.4, 0.5) is 0 Å². The molecule has 0 aromatic carbocycles. The van der Waals surface area contributed by atoms with Crippen LogP contribution in [0, 0.1) is 5.92 Å². The highest BCUT2D eigenvalue weighted by Crippen LogP contribution is 2.05. The van der Waals surface area contributed by atoms with Gasteiger partial charge in [-0.2, -0.15) is 0 Å². The second kappa shape index (κ2) is 7.24. The second-order valence-corrected chi connectivity index (χ2v) is 4.97. The monoisotopic (exact) mass is 200 g/mol. The summed E-state index contributed by atoms with van der Waals surface area (Å²) in [6, 6.07) is 0. The molecule has 2 nitrogen and oxygen atoms in total. The first-order valence-electron chi connectivity index (χ1n) is 6.45. The smallest absolute Gasteiger partial charge is 0.0796 e. The van der Waals surface area contributed by atoms with Crippen molar-refractivity contribution in [1.29, 1.82) is 0 Å².